The van der Waals surface area contributed by atoms with Crippen LogP contribution in [0, 0.1) is 16.7 Å². The highest BCUT2D eigenvalue weighted by atomic mass is 16.4. The molecule has 0 radical (unpaired) electrons. The summed E-state index contributed by atoms with van der Waals surface area (Å²) in [5.41, 5.74) is -2.38. The zero-order valence-corrected chi connectivity index (χ0v) is 15.2. The van der Waals surface area contributed by atoms with Crippen LogP contribution in [0.1, 0.15) is 66.2 Å². The minimum Gasteiger partial charge on any atom is -0.392 e. The first-order valence-electron chi connectivity index (χ1n) is 8.85. The Morgan fingerprint density at radius 3 is 2.30 bits per heavy atom. The predicted molar refractivity (Wildman–Crippen MR) is 94.0 cm³/mol. The second kappa shape index (κ2) is 5.72. The standard InChI is InChI=1S/C20H34O3/c1-7-14(2)8-13-20(23)18(5,22)12-9-15-17(3,4)11-10-16(21)19(15,20)6/h7,15-16,21-23H,1-2,8-13H2,3-6H3/t15-,16+,18+,19-,20-/m0/s1. The molecule has 3 N–H and O–H groups in total. The molecule has 0 aliphatic heterocycles. The van der Waals surface area contributed by atoms with Gasteiger partial charge in [-0.15, -0.1) is 0 Å². The van der Waals surface area contributed by atoms with Gasteiger partial charge < -0.3 is 15.3 Å². The van der Waals surface area contributed by atoms with Crippen LogP contribution in [-0.2, 0) is 0 Å². The average Bonchev–Trinajstić information content (AvgIpc) is 2.46. The highest BCUT2D eigenvalue weighted by molar-refractivity contribution is 5.21. The Hall–Kier alpha value is -0.640. The third-order valence-corrected chi connectivity index (χ3v) is 7.22. The van der Waals surface area contributed by atoms with E-state index in [4.69, 9.17) is 0 Å². The summed E-state index contributed by atoms with van der Waals surface area (Å²) in [6.45, 7) is 15.8. The van der Waals surface area contributed by atoms with Crippen molar-refractivity contribution in [1.82, 2.24) is 0 Å². The first kappa shape index (κ1) is 18.7. The summed E-state index contributed by atoms with van der Waals surface area (Å²) in [6, 6.07) is 0. The molecule has 132 valence electrons. The van der Waals surface area contributed by atoms with Gasteiger partial charge >= 0.3 is 0 Å². The van der Waals surface area contributed by atoms with Crippen molar-refractivity contribution in [2.75, 3.05) is 0 Å². The lowest BCUT2D eigenvalue weighted by molar-refractivity contribution is -0.300. The molecule has 0 aromatic rings. The molecule has 0 aromatic heterocycles. The highest BCUT2D eigenvalue weighted by Gasteiger charge is 2.68. The lowest BCUT2D eigenvalue weighted by atomic mass is 9.42. The molecule has 5 atom stereocenters. The van der Waals surface area contributed by atoms with E-state index in [9.17, 15) is 15.3 Å². The van der Waals surface area contributed by atoms with E-state index in [-0.39, 0.29) is 11.3 Å². The summed E-state index contributed by atoms with van der Waals surface area (Å²) in [5, 5.41) is 33.6. The van der Waals surface area contributed by atoms with E-state index in [1.165, 1.54) is 0 Å². The van der Waals surface area contributed by atoms with Crippen LogP contribution in [0.25, 0.3) is 0 Å². The van der Waals surface area contributed by atoms with Gasteiger partial charge in [0.1, 0.15) is 5.60 Å². The fraction of sp³-hybridized carbons (Fsp3) is 0.800. The minimum atomic E-state index is -1.34. The second-order valence-electron chi connectivity index (χ2n) is 8.91. The number of aliphatic hydroxyl groups is 3. The normalized spacial score (nSPS) is 46.0. The van der Waals surface area contributed by atoms with Crippen molar-refractivity contribution in [3.05, 3.63) is 24.8 Å². The Kier molecular flexibility index (Phi) is 4.65. The number of hydrogen-bond acceptors (Lipinski definition) is 3. The second-order valence-corrected chi connectivity index (χ2v) is 8.91. The van der Waals surface area contributed by atoms with Gasteiger partial charge in [0.25, 0.3) is 0 Å². The van der Waals surface area contributed by atoms with Crippen molar-refractivity contribution in [3.8, 4) is 0 Å². The van der Waals surface area contributed by atoms with Crippen LogP contribution in [0.3, 0.4) is 0 Å². The Labute approximate surface area is 141 Å². The highest BCUT2D eigenvalue weighted by Crippen LogP contribution is 2.64. The number of aliphatic hydroxyl groups excluding tert-OH is 1. The fourth-order valence-electron chi connectivity index (χ4n) is 5.48. The summed E-state index contributed by atoms with van der Waals surface area (Å²) in [7, 11) is 0. The molecule has 23 heavy (non-hydrogen) atoms. The van der Waals surface area contributed by atoms with Crippen LogP contribution < -0.4 is 0 Å². The molecule has 0 heterocycles. The van der Waals surface area contributed by atoms with Gasteiger partial charge in [0.2, 0.25) is 0 Å². The zero-order chi connectivity index (χ0) is 17.7. The molecule has 0 unspecified atom stereocenters. The molecule has 2 fully saturated rings. The molecule has 2 aliphatic carbocycles. The van der Waals surface area contributed by atoms with Crippen molar-refractivity contribution < 1.29 is 15.3 Å². The van der Waals surface area contributed by atoms with Crippen LogP contribution in [0.5, 0.6) is 0 Å². The van der Waals surface area contributed by atoms with E-state index in [0.717, 1.165) is 18.4 Å². The molecular weight excluding hydrogens is 288 g/mol. The topological polar surface area (TPSA) is 60.7 Å². The maximum Gasteiger partial charge on any atom is 0.101 e. The average molecular weight is 322 g/mol. The van der Waals surface area contributed by atoms with Crippen molar-refractivity contribution in [2.45, 2.75) is 83.5 Å². The molecule has 0 saturated heterocycles. The molecular formula is C20H34O3. The van der Waals surface area contributed by atoms with Gasteiger partial charge in [-0.25, -0.2) is 0 Å². The molecule has 0 amide bonds. The smallest absolute Gasteiger partial charge is 0.101 e. The third-order valence-electron chi connectivity index (χ3n) is 7.22. The van der Waals surface area contributed by atoms with Gasteiger partial charge in [-0.1, -0.05) is 45.6 Å². The van der Waals surface area contributed by atoms with Gasteiger partial charge in [-0.2, -0.15) is 0 Å². The first-order valence-corrected chi connectivity index (χ1v) is 8.85. The van der Waals surface area contributed by atoms with E-state index >= 15 is 0 Å². The Bertz CT molecular complexity index is 493. The van der Waals surface area contributed by atoms with Crippen molar-refractivity contribution in [1.29, 1.82) is 0 Å². The molecule has 0 bridgehead atoms. The lowest BCUT2D eigenvalue weighted by Gasteiger charge is -2.66. The van der Waals surface area contributed by atoms with Crippen LogP contribution in [0.2, 0.25) is 0 Å². The summed E-state index contributed by atoms with van der Waals surface area (Å²) >= 11 is 0. The van der Waals surface area contributed by atoms with Gasteiger partial charge in [-0.05, 0) is 56.8 Å². The Morgan fingerprint density at radius 1 is 1.13 bits per heavy atom. The summed E-state index contributed by atoms with van der Waals surface area (Å²) < 4.78 is 0. The molecule has 2 aliphatic rings. The van der Waals surface area contributed by atoms with Crippen LogP contribution in [-0.4, -0.2) is 32.6 Å². The van der Waals surface area contributed by atoms with Gasteiger partial charge in [0.05, 0.1) is 11.7 Å². The fourth-order valence-corrected chi connectivity index (χ4v) is 5.48. The van der Waals surface area contributed by atoms with Crippen LogP contribution >= 0.6 is 0 Å². The number of hydrogen-bond donors (Lipinski definition) is 3. The molecule has 2 saturated carbocycles. The van der Waals surface area contributed by atoms with Crippen LogP contribution in [0.15, 0.2) is 24.8 Å². The maximum absolute atomic E-state index is 11.7. The summed E-state index contributed by atoms with van der Waals surface area (Å²) in [4.78, 5) is 0. The molecule has 3 heteroatoms. The maximum atomic E-state index is 11.7. The van der Waals surface area contributed by atoms with Crippen molar-refractivity contribution in [3.63, 3.8) is 0 Å². The van der Waals surface area contributed by atoms with Crippen molar-refractivity contribution >= 4 is 0 Å². The van der Waals surface area contributed by atoms with Crippen LogP contribution in [0.4, 0.5) is 0 Å². The molecule has 0 spiro atoms. The largest absolute Gasteiger partial charge is 0.392 e. The van der Waals surface area contributed by atoms with Gasteiger partial charge in [0, 0.05) is 5.41 Å². The summed E-state index contributed by atoms with van der Waals surface area (Å²) in [5.74, 6) is 0.181. The van der Waals surface area contributed by atoms with E-state index in [0.29, 0.717) is 25.7 Å². The molecule has 2 rings (SSSR count). The third kappa shape index (κ3) is 2.61. The predicted octanol–water partition coefficient (Wildman–Crippen LogP) is 3.59. The zero-order valence-electron chi connectivity index (χ0n) is 15.2. The lowest BCUT2D eigenvalue weighted by Crippen LogP contribution is -2.73. The molecule has 3 nitrogen and oxygen atoms in total. The number of fused-ring (bicyclic) bond motifs is 1. The van der Waals surface area contributed by atoms with Crippen molar-refractivity contribution in [2.24, 2.45) is 16.7 Å². The monoisotopic (exact) mass is 322 g/mol. The van der Waals surface area contributed by atoms with E-state index in [1.54, 1.807) is 13.0 Å². The van der Waals surface area contributed by atoms with E-state index in [1.807, 2.05) is 6.92 Å². The number of rotatable bonds is 4. The van der Waals surface area contributed by atoms with E-state index in [2.05, 4.69) is 27.0 Å². The quantitative estimate of drug-likeness (QED) is 0.693. The SMILES string of the molecule is C=CC(=C)CC[C@@]1(O)[C@]2(C)[C@H](O)CCC(C)(C)[C@@H]2CC[C@@]1(C)O. The van der Waals surface area contributed by atoms with Gasteiger partial charge in [-0.3, -0.25) is 0 Å². The Morgan fingerprint density at radius 2 is 1.74 bits per heavy atom. The summed E-state index contributed by atoms with van der Waals surface area (Å²) in [6.07, 6.45) is 5.07. The molecule has 0 aromatic carbocycles. The first-order chi connectivity index (χ1) is 10.4. The van der Waals surface area contributed by atoms with Gasteiger partial charge in [0.15, 0.2) is 0 Å². The van der Waals surface area contributed by atoms with E-state index < -0.39 is 22.7 Å². The number of allylic oxidation sites excluding steroid dienone is 2. The Balaban J connectivity index is 2.49. The minimum absolute atomic E-state index is 0.0495.